The first kappa shape index (κ1) is 22.6. The van der Waals surface area contributed by atoms with E-state index in [1.807, 2.05) is 0 Å². The van der Waals surface area contributed by atoms with Gasteiger partial charge in [-0.05, 0) is 36.8 Å². The van der Waals surface area contributed by atoms with Crippen LogP contribution >= 0.6 is 22.6 Å². The molecule has 0 saturated heterocycles. The topological polar surface area (TPSA) is 81.8 Å². The minimum atomic E-state index is -2.94. The number of carboxylic acid groups (broad SMARTS) is 1. The standard InChI is InChI=1S/C25H18F2INO5/c1-2-24(23(30)31)13-15-11-17(8-10-20(15)33-24)32-18-7-9-19-21(12-18)34-29-22(19)14-3-5-16(6-4-14)25(26,27)28/h3-12H,2,13H2,1H3,(H,30,31)/t24-/m0/s1. The number of hydrogen-bond acceptors (Lipinski definition) is 5. The number of nitrogens with zero attached hydrogens (tertiary/aromatic N) is 1. The van der Waals surface area contributed by atoms with Crippen LogP contribution in [0, 0.1) is 0 Å². The van der Waals surface area contributed by atoms with Crippen molar-refractivity contribution in [2.45, 2.75) is 29.3 Å². The number of aliphatic carboxylic acids is 1. The summed E-state index contributed by atoms with van der Waals surface area (Å²) in [6.45, 7) is 1.78. The lowest BCUT2D eigenvalue weighted by atomic mass is 9.94. The third kappa shape index (κ3) is 3.97. The first-order chi connectivity index (χ1) is 16.2. The summed E-state index contributed by atoms with van der Waals surface area (Å²) in [6, 6.07) is 16.4. The van der Waals surface area contributed by atoms with Gasteiger partial charge in [0, 0.05) is 57.2 Å². The molecule has 0 radical (unpaired) electrons. The number of ether oxygens (including phenoxy) is 2. The number of carboxylic acids is 1. The molecule has 5 rings (SSSR count). The maximum Gasteiger partial charge on any atom is 0.348 e. The minimum absolute atomic E-state index is 0.0837. The van der Waals surface area contributed by atoms with Crippen LogP contribution in [-0.4, -0.2) is 21.8 Å². The predicted octanol–water partition coefficient (Wildman–Crippen LogP) is 6.94. The molecule has 1 aliphatic rings. The first-order valence-electron chi connectivity index (χ1n) is 10.5. The van der Waals surface area contributed by atoms with Crippen molar-refractivity contribution in [2.75, 3.05) is 0 Å². The second kappa shape index (κ2) is 8.23. The van der Waals surface area contributed by atoms with E-state index in [4.69, 9.17) is 14.0 Å². The molecule has 2 heterocycles. The van der Waals surface area contributed by atoms with Gasteiger partial charge in [0.15, 0.2) is 5.58 Å². The Balaban J connectivity index is 1.38. The van der Waals surface area contributed by atoms with Crippen molar-refractivity contribution in [3.05, 3.63) is 71.8 Å². The summed E-state index contributed by atoms with van der Waals surface area (Å²) < 4.78 is 41.2. The van der Waals surface area contributed by atoms with Crippen molar-refractivity contribution >= 4 is 39.5 Å². The number of benzene rings is 3. The second-order valence-electron chi connectivity index (χ2n) is 8.07. The number of rotatable bonds is 6. The van der Waals surface area contributed by atoms with Gasteiger partial charge in [-0.2, -0.15) is 8.78 Å². The van der Waals surface area contributed by atoms with Crippen molar-refractivity contribution in [1.82, 2.24) is 5.16 Å². The van der Waals surface area contributed by atoms with Crippen LogP contribution in [-0.2, 0) is 15.1 Å². The summed E-state index contributed by atoms with van der Waals surface area (Å²) in [6.07, 6.45) is 0.610. The molecule has 174 valence electrons. The van der Waals surface area contributed by atoms with E-state index in [1.54, 1.807) is 55.5 Å². The van der Waals surface area contributed by atoms with Crippen molar-refractivity contribution in [3.63, 3.8) is 0 Å². The van der Waals surface area contributed by atoms with Crippen LogP contribution in [0.2, 0.25) is 0 Å². The van der Waals surface area contributed by atoms with Crippen LogP contribution in [0.4, 0.5) is 8.78 Å². The largest absolute Gasteiger partial charge is 0.478 e. The fraction of sp³-hybridized carbons (Fsp3) is 0.200. The SMILES string of the molecule is CC[C@@]1(C(=O)O)Cc2cc(Oc3ccc4c(-c5ccc(C(F)(F)I)cc5)noc4c3)ccc2O1. The Morgan fingerprint density at radius 2 is 1.85 bits per heavy atom. The van der Waals surface area contributed by atoms with Crippen molar-refractivity contribution in [1.29, 1.82) is 0 Å². The van der Waals surface area contributed by atoms with Gasteiger partial charge in [0.25, 0.3) is 0 Å². The number of alkyl halides is 3. The fourth-order valence-corrected chi connectivity index (χ4v) is 4.38. The van der Waals surface area contributed by atoms with E-state index in [9.17, 15) is 18.7 Å². The molecule has 1 aromatic heterocycles. The van der Waals surface area contributed by atoms with Gasteiger partial charge < -0.3 is 19.1 Å². The Morgan fingerprint density at radius 1 is 1.15 bits per heavy atom. The summed E-state index contributed by atoms with van der Waals surface area (Å²) in [4.78, 5) is 11.7. The van der Waals surface area contributed by atoms with Gasteiger partial charge >= 0.3 is 9.90 Å². The van der Waals surface area contributed by atoms with Crippen LogP contribution in [0.25, 0.3) is 22.2 Å². The molecular weight excluding hydrogens is 559 g/mol. The minimum Gasteiger partial charge on any atom is -0.478 e. The molecule has 0 spiro atoms. The molecule has 1 atom stereocenters. The van der Waals surface area contributed by atoms with Gasteiger partial charge in [0.2, 0.25) is 5.60 Å². The highest BCUT2D eigenvalue weighted by atomic mass is 127. The average Bonchev–Trinajstić information content (AvgIpc) is 3.40. The van der Waals surface area contributed by atoms with E-state index in [0.29, 0.717) is 40.5 Å². The summed E-state index contributed by atoms with van der Waals surface area (Å²) >= 11 is 1.10. The molecule has 6 nitrogen and oxygen atoms in total. The Morgan fingerprint density at radius 3 is 2.53 bits per heavy atom. The monoisotopic (exact) mass is 577 g/mol. The summed E-state index contributed by atoms with van der Waals surface area (Å²) in [5, 5.41) is 14.4. The molecule has 1 aliphatic heterocycles. The first-order valence-corrected chi connectivity index (χ1v) is 11.6. The van der Waals surface area contributed by atoms with Crippen LogP contribution in [0.3, 0.4) is 0 Å². The lowest BCUT2D eigenvalue weighted by molar-refractivity contribution is -0.154. The lowest BCUT2D eigenvalue weighted by Crippen LogP contribution is -2.42. The summed E-state index contributed by atoms with van der Waals surface area (Å²) in [5.74, 6) is 0.596. The molecule has 1 N–H and O–H groups in total. The zero-order valence-corrected chi connectivity index (χ0v) is 20.0. The molecule has 9 heteroatoms. The number of fused-ring (bicyclic) bond motifs is 2. The number of carbonyl (C=O) groups is 1. The van der Waals surface area contributed by atoms with Gasteiger partial charge in [0.1, 0.15) is 22.9 Å². The Hall–Kier alpha value is -3.21. The van der Waals surface area contributed by atoms with Crippen molar-refractivity contribution in [2.24, 2.45) is 0 Å². The zero-order valence-electron chi connectivity index (χ0n) is 17.8. The van der Waals surface area contributed by atoms with Crippen LogP contribution in [0.5, 0.6) is 17.2 Å². The highest BCUT2D eigenvalue weighted by molar-refractivity contribution is 14.1. The maximum atomic E-state index is 13.5. The smallest absolute Gasteiger partial charge is 0.348 e. The van der Waals surface area contributed by atoms with E-state index in [0.717, 1.165) is 33.5 Å². The summed E-state index contributed by atoms with van der Waals surface area (Å²) in [5.41, 5.74) is 1.12. The van der Waals surface area contributed by atoms with E-state index in [-0.39, 0.29) is 12.0 Å². The highest BCUT2D eigenvalue weighted by Crippen LogP contribution is 2.41. The molecular formula is C25H18F2INO5. The normalized spacial score (nSPS) is 17.4. The molecule has 0 fully saturated rings. The zero-order chi connectivity index (χ0) is 24.1. The number of hydrogen-bond donors (Lipinski definition) is 1. The molecule has 4 aromatic rings. The van der Waals surface area contributed by atoms with E-state index in [1.165, 1.54) is 12.1 Å². The third-order valence-electron chi connectivity index (χ3n) is 5.94. The van der Waals surface area contributed by atoms with Gasteiger partial charge in [-0.15, -0.1) is 0 Å². The lowest BCUT2D eigenvalue weighted by Gasteiger charge is -2.21. The van der Waals surface area contributed by atoms with Gasteiger partial charge in [-0.3, -0.25) is 0 Å². The predicted molar refractivity (Wildman–Crippen MR) is 129 cm³/mol. The molecule has 0 unspecified atom stereocenters. The van der Waals surface area contributed by atoms with Crippen LogP contribution < -0.4 is 9.47 Å². The van der Waals surface area contributed by atoms with Gasteiger partial charge in [-0.25, -0.2) is 4.79 Å². The summed E-state index contributed by atoms with van der Waals surface area (Å²) in [7, 11) is 0. The maximum absolute atomic E-state index is 13.5. The molecule has 0 amide bonds. The van der Waals surface area contributed by atoms with Crippen LogP contribution in [0.15, 0.2) is 65.2 Å². The van der Waals surface area contributed by atoms with E-state index < -0.39 is 15.5 Å². The Kier molecular flexibility index (Phi) is 5.46. The van der Waals surface area contributed by atoms with Gasteiger partial charge in [-0.1, -0.05) is 36.3 Å². The average molecular weight is 577 g/mol. The van der Waals surface area contributed by atoms with E-state index in [2.05, 4.69) is 5.16 Å². The molecule has 34 heavy (non-hydrogen) atoms. The quantitative estimate of drug-likeness (QED) is 0.198. The molecule has 0 bridgehead atoms. The second-order valence-corrected chi connectivity index (χ2v) is 9.42. The van der Waals surface area contributed by atoms with Crippen LogP contribution in [0.1, 0.15) is 24.5 Å². The van der Waals surface area contributed by atoms with E-state index >= 15 is 0 Å². The molecule has 3 aromatic carbocycles. The fourth-order valence-electron chi connectivity index (χ4n) is 4.02. The molecule has 0 saturated carbocycles. The Bertz CT molecular complexity index is 1400. The Labute approximate surface area is 206 Å². The van der Waals surface area contributed by atoms with Gasteiger partial charge in [0.05, 0.1) is 0 Å². The molecule has 0 aliphatic carbocycles. The van der Waals surface area contributed by atoms with Crippen molar-refractivity contribution in [3.8, 4) is 28.5 Å². The number of halogens is 3. The third-order valence-corrected chi connectivity index (χ3v) is 6.56. The van der Waals surface area contributed by atoms with Crippen molar-refractivity contribution < 1.29 is 32.7 Å². The highest BCUT2D eigenvalue weighted by Gasteiger charge is 2.45. The number of aromatic nitrogens is 1.